The molecular formula is C16H20Pb+2. The predicted molar refractivity (Wildman–Crippen MR) is 74.2 cm³/mol. The van der Waals surface area contributed by atoms with Gasteiger partial charge in [0, 0.05) is 0 Å². The molecule has 1 heteroatoms. The van der Waals surface area contributed by atoms with Gasteiger partial charge in [-0.05, 0) is 74.0 Å². The van der Waals surface area contributed by atoms with Crippen molar-refractivity contribution < 1.29 is 0 Å². The molecule has 0 aromatic rings. The van der Waals surface area contributed by atoms with Gasteiger partial charge in [-0.1, -0.05) is 27.7 Å². The Morgan fingerprint density at radius 3 is 1.06 bits per heavy atom. The second kappa shape index (κ2) is 5.92. The van der Waals surface area contributed by atoms with Crippen LogP contribution >= 0.6 is 0 Å². The van der Waals surface area contributed by atoms with Gasteiger partial charge in [-0.15, -0.1) is 0 Å². The van der Waals surface area contributed by atoms with Crippen molar-refractivity contribution in [2.24, 2.45) is 10.8 Å². The molecule has 0 bridgehead atoms. The summed E-state index contributed by atoms with van der Waals surface area (Å²) in [6.45, 7) is 9.31. The normalized spacial score (nSPS) is 24.0. The number of hydrogen-bond donors (Lipinski definition) is 0. The van der Waals surface area contributed by atoms with E-state index < -0.39 is 0 Å². The summed E-state index contributed by atoms with van der Waals surface area (Å²) in [5, 5.41) is 0. The minimum absolute atomic E-state index is 0. The molecule has 2 aliphatic carbocycles. The van der Waals surface area contributed by atoms with Gasteiger partial charge < -0.3 is 0 Å². The maximum Gasteiger partial charge on any atom is 2.00 e. The van der Waals surface area contributed by atoms with E-state index in [1.165, 1.54) is 11.8 Å². The first-order valence-electron chi connectivity index (χ1n) is 5.90. The summed E-state index contributed by atoms with van der Waals surface area (Å²) >= 11 is 0. The van der Waals surface area contributed by atoms with Gasteiger partial charge in [-0.2, -0.15) is 0 Å². The topological polar surface area (TPSA) is 0 Å². The molecule has 2 rings (SSSR count). The molecule has 0 heterocycles. The fourth-order valence-corrected chi connectivity index (χ4v) is 2.30. The Labute approximate surface area is 128 Å². The number of hydrogen-bond acceptors (Lipinski definition) is 0. The van der Waals surface area contributed by atoms with Crippen LogP contribution in [0, 0.1) is 74.0 Å². The molecule has 17 heavy (non-hydrogen) atoms. The Kier molecular flexibility index (Phi) is 5.56. The zero-order valence-corrected chi connectivity index (χ0v) is 15.0. The minimum atomic E-state index is 0. The summed E-state index contributed by atoms with van der Waals surface area (Å²) in [6, 6.07) is 0. The average molecular weight is 420 g/mol. The Balaban J connectivity index is 0.00000144. The number of rotatable bonds is 3. The van der Waals surface area contributed by atoms with E-state index in [9.17, 15) is 0 Å². The monoisotopic (exact) mass is 420 g/mol. The largest absolute Gasteiger partial charge is 2.00 e. The molecule has 0 unspecified atom stereocenters. The molecule has 0 nitrogen and oxygen atoms in total. The molecule has 2 saturated carbocycles. The Hall–Kier alpha value is 0.922. The van der Waals surface area contributed by atoms with E-state index in [1.54, 1.807) is 0 Å². The zero-order valence-electron chi connectivity index (χ0n) is 11.1. The maximum atomic E-state index is 2.33. The van der Waals surface area contributed by atoms with Gasteiger partial charge in [-0.25, -0.2) is 0 Å². The third-order valence-corrected chi connectivity index (χ3v) is 4.33. The third kappa shape index (κ3) is 2.92. The van der Waals surface area contributed by atoms with Crippen LogP contribution < -0.4 is 0 Å². The van der Waals surface area contributed by atoms with Gasteiger partial charge in [0.25, 0.3) is 0 Å². The molecule has 0 saturated heterocycles. The first-order chi connectivity index (χ1) is 7.46. The van der Waals surface area contributed by atoms with Crippen LogP contribution in [0.25, 0.3) is 0 Å². The van der Waals surface area contributed by atoms with E-state index in [-0.39, 0.29) is 38.1 Å². The molecular weight excluding hydrogens is 399 g/mol. The molecule has 0 spiro atoms. The van der Waals surface area contributed by atoms with E-state index in [0.717, 1.165) is 0 Å². The molecule has 12 radical (unpaired) electrons. The zero-order chi connectivity index (χ0) is 11.8. The summed E-state index contributed by atoms with van der Waals surface area (Å²) in [4.78, 5) is 0. The molecule has 0 amide bonds. The fourth-order valence-electron chi connectivity index (χ4n) is 2.30. The molecule has 0 aromatic carbocycles. The molecule has 0 N–H and O–H groups in total. The summed E-state index contributed by atoms with van der Waals surface area (Å²) in [5.74, 6) is 2.83. The predicted octanol–water partition coefficient (Wildman–Crippen LogP) is 3.47. The molecule has 2 aliphatic rings. The molecule has 2 fully saturated rings. The van der Waals surface area contributed by atoms with Crippen LogP contribution in [0.1, 0.15) is 27.7 Å². The minimum Gasteiger partial charge on any atom is -0.0588 e. The van der Waals surface area contributed by atoms with Gasteiger partial charge in [0.05, 0.1) is 0 Å². The average Bonchev–Trinajstić information content (AvgIpc) is 2.91. The second-order valence-corrected chi connectivity index (χ2v) is 5.60. The van der Waals surface area contributed by atoms with Crippen molar-refractivity contribution in [3.63, 3.8) is 0 Å². The quantitative estimate of drug-likeness (QED) is 0.615. The first-order valence-corrected chi connectivity index (χ1v) is 5.90. The van der Waals surface area contributed by atoms with E-state index in [0.29, 0.717) is 0 Å². The van der Waals surface area contributed by atoms with E-state index in [2.05, 4.69) is 79.1 Å². The van der Waals surface area contributed by atoms with Crippen molar-refractivity contribution >= 4 is 27.3 Å². The van der Waals surface area contributed by atoms with Crippen molar-refractivity contribution in [2.75, 3.05) is 0 Å². The first kappa shape index (κ1) is 16.0. The standard InChI is InChI=1S/C16H20.Pb/c1-15(2,13-9-5-6-10-13)16(3,4)14-11-7-8-12-14;/h5-12H,1-4H3;/q;+2. The van der Waals surface area contributed by atoms with Crippen molar-refractivity contribution in [1.82, 2.24) is 0 Å². The van der Waals surface area contributed by atoms with Crippen LogP contribution in [0.15, 0.2) is 0 Å². The Morgan fingerprint density at radius 2 is 0.824 bits per heavy atom. The van der Waals surface area contributed by atoms with Crippen LogP contribution in [-0.4, -0.2) is 27.3 Å². The van der Waals surface area contributed by atoms with Crippen LogP contribution in [0.5, 0.6) is 0 Å². The van der Waals surface area contributed by atoms with Gasteiger partial charge >= 0.3 is 27.3 Å². The summed E-state index contributed by atoms with van der Waals surface area (Å²) in [7, 11) is 0. The molecule has 0 atom stereocenters. The second-order valence-electron chi connectivity index (χ2n) is 5.60. The molecule has 0 aromatic heterocycles. The summed E-state index contributed by atoms with van der Waals surface area (Å²) in [5.41, 5.74) is 0.287. The summed E-state index contributed by atoms with van der Waals surface area (Å²) in [6.07, 6.45) is 17.4. The van der Waals surface area contributed by atoms with Gasteiger partial charge in [0.15, 0.2) is 0 Å². The van der Waals surface area contributed by atoms with Crippen molar-refractivity contribution in [2.45, 2.75) is 27.7 Å². The van der Waals surface area contributed by atoms with Gasteiger partial charge in [0.2, 0.25) is 0 Å². The van der Waals surface area contributed by atoms with Gasteiger partial charge in [0.1, 0.15) is 0 Å². The molecule has 0 aliphatic heterocycles. The van der Waals surface area contributed by atoms with Crippen LogP contribution in [0.4, 0.5) is 0 Å². The maximum absolute atomic E-state index is 2.33. The fraction of sp³-hybridized carbons (Fsp3) is 0.375. The van der Waals surface area contributed by atoms with Crippen molar-refractivity contribution in [3.05, 3.63) is 63.2 Å². The summed E-state index contributed by atoms with van der Waals surface area (Å²) < 4.78 is 0. The van der Waals surface area contributed by atoms with E-state index in [4.69, 9.17) is 0 Å². The van der Waals surface area contributed by atoms with Crippen molar-refractivity contribution in [1.29, 1.82) is 0 Å². The van der Waals surface area contributed by atoms with Gasteiger partial charge in [-0.3, -0.25) is 0 Å². The third-order valence-electron chi connectivity index (χ3n) is 4.33. The van der Waals surface area contributed by atoms with E-state index >= 15 is 0 Å². The Bertz CT molecular complexity index is 204. The van der Waals surface area contributed by atoms with Crippen LogP contribution in [0.3, 0.4) is 0 Å². The van der Waals surface area contributed by atoms with Crippen LogP contribution in [-0.2, 0) is 0 Å². The smallest absolute Gasteiger partial charge is 0.0588 e. The SMILES string of the molecule is CC(C)([C]1[CH][CH][CH][CH]1)C(C)(C)[C]1[CH][CH][CH][CH]1.[Pb+2]. The van der Waals surface area contributed by atoms with Crippen molar-refractivity contribution in [3.8, 4) is 0 Å². The van der Waals surface area contributed by atoms with Crippen LogP contribution in [0.2, 0.25) is 0 Å². The molecule has 86 valence electrons. The van der Waals surface area contributed by atoms with E-state index in [1.807, 2.05) is 0 Å². The Morgan fingerprint density at radius 1 is 0.588 bits per heavy atom.